The van der Waals surface area contributed by atoms with Crippen LogP contribution >= 0.6 is 11.6 Å². The summed E-state index contributed by atoms with van der Waals surface area (Å²) < 4.78 is 36.4. The lowest BCUT2D eigenvalue weighted by Gasteiger charge is -2.36. The molecule has 21 heavy (non-hydrogen) atoms. The Bertz CT molecular complexity index is 529. The average molecular weight is 315 g/mol. The van der Waals surface area contributed by atoms with E-state index in [0.717, 1.165) is 11.5 Å². The van der Waals surface area contributed by atoms with E-state index >= 15 is 0 Å². The molecule has 114 valence electrons. The van der Waals surface area contributed by atoms with Gasteiger partial charge in [-0.3, -0.25) is 0 Å². The molecule has 0 spiro atoms. The van der Waals surface area contributed by atoms with E-state index in [2.05, 4.69) is 0 Å². The molecule has 1 aliphatic heterocycles. The lowest BCUT2D eigenvalue weighted by atomic mass is 9.79. The minimum Gasteiger partial charge on any atom is -0.399 e. The standard InChI is InChI=1S/C15H18BClF2O2/c1-14(2)15(3,10-4-5-13(18)19)21-16(20-14)11-6-8-12(17)9-7-11/h5-9H,4,10H2,1-3H3. The monoisotopic (exact) mass is 314 g/mol. The summed E-state index contributed by atoms with van der Waals surface area (Å²) in [5, 5.41) is 0.641. The summed E-state index contributed by atoms with van der Waals surface area (Å²) in [6.07, 6.45) is -0.0367. The molecule has 0 N–H and O–H groups in total. The van der Waals surface area contributed by atoms with Gasteiger partial charge in [0.15, 0.2) is 0 Å². The van der Waals surface area contributed by atoms with Crippen molar-refractivity contribution in [2.45, 2.75) is 44.8 Å². The van der Waals surface area contributed by atoms with Crippen LogP contribution in [-0.2, 0) is 9.31 Å². The summed E-state index contributed by atoms with van der Waals surface area (Å²) >= 11 is 5.87. The zero-order valence-electron chi connectivity index (χ0n) is 12.3. The molecule has 0 bridgehead atoms. The molecule has 1 atom stereocenters. The summed E-state index contributed by atoms with van der Waals surface area (Å²) in [5.41, 5.74) is -0.343. The van der Waals surface area contributed by atoms with Gasteiger partial charge in [0.2, 0.25) is 0 Å². The molecule has 1 saturated heterocycles. The second kappa shape index (κ2) is 6.07. The van der Waals surface area contributed by atoms with Crippen LogP contribution in [0.2, 0.25) is 5.02 Å². The van der Waals surface area contributed by atoms with Gasteiger partial charge in [0.25, 0.3) is 6.08 Å². The minimum absolute atomic E-state index is 0.249. The molecular formula is C15H18BClF2O2. The molecule has 1 unspecified atom stereocenters. The Morgan fingerprint density at radius 3 is 2.38 bits per heavy atom. The number of hydrogen-bond donors (Lipinski definition) is 0. The van der Waals surface area contributed by atoms with Gasteiger partial charge in [-0.2, -0.15) is 8.78 Å². The lowest BCUT2D eigenvalue weighted by Crippen LogP contribution is -2.44. The number of hydrogen-bond acceptors (Lipinski definition) is 2. The Hall–Kier alpha value is -0.905. The van der Waals surface area contributed by atoms with Crippen molar-refractivity contribution in [2.75, 3.05) is 0 Å². The van der Waals surface area contributed by atoms with Crippen LogP contribution in [0.15, 0.2) is 36.4 Å². The Morgan fingerprint density at radius 1 is 1.19 bits per heavy atom. The molecule has 1 fully saturated rings. The second-order valence-electron chi connectivity index (χ2n) is 5.89. The summed E-state index contributed by atoms with van der Waals surface area (Å²) in [6.45, 7) is 5.73. The fraction of sp³-hybridized carbons (Fsp3) is 0.467. The van der Waals surface area contributed by atoms with Crippen LogP contribution in [0.1, 0.15) is 33.6 Å². The maximum atomic E-state index is 12.2. The Kier molecular flexibility index (Phi) is 4.76. The van der Waals surface area contributed by atoms with E-state index in [1.807, 2.05) is 32.9 Å². The Balaban J connectivity index is 2.13. The van der Waals surface area contributed by atoms with Crippen LogP contribution in [0.5, 0.6) is 0 Å². The quantitative estimate of drug-likeness (QED) is 0.776. The number of rotatable bonds is 4. The van der Waals surface area contributed by atoms with Crippen molar-refractivity contribution in [3.05, 3.63) is 41.4 Å². The van der Waals surface area contributed by atoms with Crippen LogP contribution in [0.3, 0.4) is 0 Å². The smallest absolute Gasteiger partial charge is 0.399 e. The number of benzene rings is 1. The van der Waals surface area contributed by atoms with Crippen molar-refractivity contribution in [3.63, 3.8) is 0 Å². The highest BCUT2D eigenvalue weighted by atomic mass is 35.5. The normalized spacial score (nSPS) is 24.2. The number of halogens is 3. The predicted molar refractivity (Wildman–Crippen MR) is 81.0 cm³/mol. The van der Waals surface area contributed by atoms with E-state index < -0.39 is 24.4 Å². The van der Waals surface area contributed by atoms with Crippen molar-refractivity contribution < 1.29 is 18.1 Å². The molecule has 0 saturated carbocycles. The molecule has 0 radical (unpaired) electrons. The van der Waals surface area contributed by atoms with Crippen molar-refractivity contribution in [1.29, 1.82) is 0 Å². The summed E-state index contributed by atoms with van der Waals surface area (Å²) in [4.78, 5) is 0. The van der Waals surface area contributed by atoms with Gasteiger partial charge in [-0.05, 0) is 57.3 Å². The highest BCUT2D eigenvalue weighted by Gasteiger charge is 2.53. The number of allylic oxidation sites excluding steroid dienone is 1. The first-order valence-electron chi connectivity index (χ1n) is 6.86. The van der Waals surface area contributed by atoms with Crippen LogP contribution in [0, 0.1) is 0 Å². The molecule has 2 rings (SSSR count). The van der Waals surface area contributed by atoms with Crippen molar-refractivity contribution in [2.24, 2.45) is 0 Å². The Morgan fingerprint density at radius 2 is 1.81 bits per heavy atom. The summed E-state index contributed by atoms with van der Waals surface area (Å²) in [7, 11) is -0.513. The van der Waals surface area contributed by atoms with Crippen molar-refractivity contribution in [1.82, 2.24) is 0 Å². The van der Waals surface area contributed by atoms with E-state index in [4.69, 9.17) is 20.9 Å². The van der Waals surface area contributed by atoms with Gasteiger partial charge in [-0.15, -0.1) is 0 Å². The van der Waals surface area contributed by atoms with E-state index in [0.29, 0.717) is 11.4 Å². The molecule has 1 heterocycles. The van der Waals surface area contributed by atoms with Crippen LogP contribution in [0.25, 0.3) is 0 Å². The molecule has 0 amide bonds. The van der Waals surface area contributed by atoms with Gasteiger partial charge in [0.1, 0.15) is 0 Å². The van der Waals surface area contributed by atoms with Gasteiger partial charge in [0, 0.05) is 5.02 Å². The van der Waals surface area contributed by atoms with E-state index in [9.17, 15) is 8.78 Å². The third kappa shape index (κ3) is 3.65. The molecule has 2 nitrogen and oxygen atoms in total. The van der Waals surface area contributed by atoms with Crippen molar-refractivity contribution >= 4 is 24.2 Å². The molecule has 1 aliphatic rings. The maximum Gasteiger partial charge on any atom is 0.494 e. The van der Waals surface area contributed by atoms with Crippen molar-refractivity contribution in [3.8, 4) is 0 Å². The van der Waals surface area contributed by atoms with E-state index in [1.54, 1.807) is 12.1 Å². The first-order chi connectivity index (χ1) is 9.73. The molecule has 0 aliphatic carbocycles. The van der Waals surface area contributed by atoms with Gasteiger partial charge < -0.3 is 9.31 Å². The molecule has 6 heteroatoms. The van der Waals surface area contributed by atoms with Gasteiger partial charge in [-0.25, -0.2) is 0 Å². The lowest BCUT2D eigenvalue weighted by molar-refractivity contribution is -0.0149. The first kappa shape index (κ1) is 16.5. The van der Waals surface area contributed by atoms with Crippen LogP contribution in [-0.4, -0.2) is 18.3 Å². The minimum atomic E-state index is -1.66. The van der Waals surface area contributed by atoms with Gasteiger partial charge in [-0.1, -0.05) is 23.7 Å². The fourth-order valence-electron chi connectivity index (χ4n) is 2.37. The SMILES string of the molecule is CC1(C)OB(c2ccc(Cl)cc2)OC1(C)CCC=C(F)F. The highest BCUT2D eigenvalue weighted by molar-refractivity contribution is 6.62. The van der Waals surface area contributed by atoms with Gasteiger partial charge >= 0.3 is 7.12 Å². The fourth-order valence-corrected chi connectivity index (χ4v) is 2.49. The molecule has 1 aromatic carbocycles. The second-order valence-corrected chi connectivity index (χ2v) is 6.33. The first-order valence-corrected chi connectivity index (χ1v) is 7.24. The van der Waals surface area contributed by atoms with E-state index in [1.165, 1.54) is 0 Å². The van der Waals surface area contributed by atoms with E-state index in [-0.39, 0.29) is 6.42 Å². The van der Waals surface area contributed by atoms with Gasteiger partial charge in [0.05, 0.1) is 11.2 Å². The third-order valence-electron chi connectivity index (χ3n) is 4.10. The Labute approximate surface area is 129 Å². The summed E-state index contributed by atoms with van der Waals surface area (Å²) in [6, 6.07) is 7.23. The van der Waals surface area contributed by atoms with Crippen LogP contribution < -0.4 is 5.46 Å². The van der Waals surface area contributed by atoms with Crippen LogP contribution in [0.4, 0.5) is 8.78 Å². The molecule has 1 aromatic rings. The topological polar surface area (TPSA) is 18.5 Å². The predicted octanol–water partition coefficient (Wildman–Crippen LogP) is 4.18. The third-order valence-corrected chi connectivity index (χ3v) is 4.36. The zero-order chi connectivity index (χ0) is 15.7. The summed E-state index contributed by atoms with van der Waals surface area (Å²) in [5.74, 6) is 0. The zero-order valence-corrected chi connectivity index (χ0v) is 13.1. The average Bonchev–Trinajstić information content (AvgIpc) is 2.60. The molecule has 0 aromatic heterocycles. The largest absolute Gasteiger partial charge is 0.494 e. The maximum absolute atomic E-state index is 12.2. The highest BCUT2D eigenvalue weighted by Crippen LogP contribution is 2.40. The molecular weight excluding hydrogens is 296 g/mol.